The normalized spacial score (nSPS) is 11.6. The number of likely N-dealkylation sites (N-methyl/N-ethyl adjacent to an activating group) is 1. The summed E-state index contributed by atoms with van der Waals surface area (Å²) in [6, 6.07) is 8.78. The number of carbonyl (C=O) groups is 1. The number of benzene rings is 1. The lowest BCUT2D eigenvalue weighted by Gasteiger charge is -2.16. The summed E-state index contributed by atoms with van der Waals surface area (Å²) in [4.78, 5) is 23.4. The first-order valence-electron chi connectivity index (χ1n) is 4.64. The lowest BCUT2D eigenvalue weighted by Crippen LogP contribution is -2.27. The number of hydrogen-bond donors (Lipinski definition) is 1. The molecule has 1 amide bonds. The van der Waals surface area contributed by atoms with Gasteiger partial charge < -0.3 is 10.0 Å². The van der Waals surface area contributed by atoms with Crippen LogP contribution in [0.25, 0.3) is 0 Å². The summed E-state index contributed by atoms with van der Waals surface area (Å²) in [5.41, 5.74) is 0.140. The van der Waals surface area contributed by atoms with E-state index >= 15 is 0 Å². The number of anilines is 1. The van der Waals surface area contributed by atoms with Crippen molar-refractivity contribution in [2.75, 3.05) is 11.9 Å². The number of nitrogens with zero attached hydrogens (tertiary/aromatic N) is 2. The second kappa shape index (κ2) is 5.06. The zero-order chi connectivity index (χ0) is 12.1. The average Bonchev–Trinajstić information content (AvgIpc) is 2.29. The summed E-state index contributed by atoms with van der Waals surface area (Å²) < 4.78 is 0. The van der Waals surface area contributed by atoms with Gasteiger partial charge in [-0.15, -0.1) is 4.91 Å². The van der Waals surface area contributed by atoms with Crippen LogP contribution in [0.15, 0.2) is 47.0 Å². The highest BCUT2D eigenvalue weighted by Crippen LogP contribution is 2.15. The molecule has 0 fully saturated rings. The molecule has 1 rings (SSSR count). The maximum atomic E-state index is 11.7. The minimum atomic E-state index is -0.638. The van der Waals surface area contributed by atoms with Crippen LogP contribution in [0.5, 0.6) is 0 Å². The third kappa shape index (κ3) is 2.44. The van der Waals surface area contributed by atoms with Gasteiger partial charge in [-0.05, 0) is 24.2 Å². The van der Waals surface area contributed by atoms with Crippen LogP contribution in [0, 0.1) is 4.91 Å². The molecule has 0 heterocycles. The van der Waals surface area contributed by atoms with Crippen molar-refractivity contribution in [1.29, 1.82) is 0 Å². The fourth-order valence-electron chi connectivity index (χ4n) is 1.19. The van der Waals surface area contributed by atoms with Gasteiger partial charge in [0.1, 0.15) is 5.76 Å². The number of carbonyl (C=O) groups excluding carboxylic acids is 1. The van der Waals surface area contributed by atoms with Gasteiger partial charge in [-0.2, -0.15) is 0 Å². The molecule has 0 atom stereocenters. The molecule has 1 aromatic rings. The molecule has 5 heteroatoms. The van der Waals surface area contributed by atoms with Crippen molar-refractivity contribution in [2.24, 2.45) is 5.18 Å². The van der Waals surface area contributed by atoms with Gasteiger partial charge in [-0.25, -0.2) is 0 Å². The average molecular weight is 220 g/mol. The number of para-hydroxylation sites is 1. The van der Waals surface area contributed by atoms with Gasteiger partial charge >= 0.3 is 0 Å². The predicted octanol–water partition coefficient (Wildman–Crippen LogP) is 2.21. The Labute approximate surface area is 93.0 Å². The Hall–Kier alpha value is -2.17. The number of amides is 1. The molecule has 0 radical (unpaired) electrons. The van der Waals surface area contributed by atoms with E-state index in [1.54, 1.807) is 24.3 Å². The molecule has 0 aliphatic carbocycles. The van der Waals surface area contributed by atoms with E-state index < -0.39 is 11.6 Å². The number of allylic oxidation sites excluding steroid dienone is 1. The third-order valence-corrected chi connectivity index (χ3v) is 2.08. The fraction of sp³-hybridized carbons (Fsp3) is 0.182. The lowest BCUT2D eigenvalue weighted by molar-refractivity contribution is -0.115. The third-order valence-electron chi connectivity index (χ3n) is 2.08. The molecule has 0 bridgehead atoms. The molecule has 16 heavy (non-hydrogen) atoms. The fourth-order valence-corrected chi connectivity index (χ4v) is 1.19. The van der Waals surface area contributed by atoms with Crippen LogP contribution in [-0.4, -0.2) is 18.1 Å². The predicted molar refractivity (Wildman–Crippen MR) is 61.0 cm³/mol. The van der Waals surface area contributed by atoms with Gasteiger partial charge in [-0.3, -0.25) is 4.79 Å². The molecule has 84 valence electrons. The highest BCUT2D eigenvalue weighted by atomic mass is 16.3. The SMILES string of the molecule is C/C(O)=C(\N=O)C(=O)N(C)c1ccccc1. The van der Waals surface area contributed by atoms with Crippen molar-refractivity contribution < 1.29 is 9.90 Å². The van der Waals surface area contributed by atoms with Crippen LogP contribution >= 0.6 is 0 Å². The number of rotatable bonds is 3. The first-order valence-corrected chi connectivity index (χ1v) is 4.64. The van der Waals surface area contributed by atoms with Crippen LogP contribution in [0.2, 0.25) is 0 Å². The Morgan fingerprint density at radius 3 is 2.31 bits per heavy atom. The van der Waals surface area contributed by atoms with Gasteiger partial charge in [0.05, 0.1) is 0 Å². The van der Waals surface area contributed by atoms with Gasteiger partial charge in [0.25, 0.3) is 5.91 Å². The number of nitroso groups, excluding NO2 is 1. The number of aliphatic hydroxyl groups is 1. The molecule has 0 saturated carbocycles. The van der Waals surface area contributed by atoms with E-state index in [9.17, 15) is 9.70 Å². The highest BCUT2D eigenvalue weighted by Gasteiger charge is 2.19. The summed E-state index contributed by atoms with van der Waals surface area (Å²) in [6.07, 6.45) is 0. The van der Waals surface area contributed by atoms with Crippen molar-refractivity contribution >= 4 is 11.6 Å². The molecular weight excluding hydrogens is 208 g/mol. The van der Waals surface area contributed by atoms with Crippen LogP contribution < -0.4 is 4.90 Å². The van der Waals surface area contributed by atoms with Crippen molar-refractivity contribution in [2.45, 2.75) is 6.92 Å². The second-order valence-corrected chi connectivity index (χ2v) is 3.23. The Morgan fingerprint density at radius 2 is 1.88 bits per heavy atom. The first kappa shape index (κ1) is 11.9. The monoisotopic (exact) mass is 220 g/mol. The Morgan fingerprint density at radius 1 is 1.31 bits per heavy atom. The Kier molecular flexibility index (Phi) is 3.77. The van der Waals surface area contributed by atoms with E-state index in [1.807, 2.05) is 6.07 Å². The van der Waals surface area contributed by atoms with Gasteiger partial charge in [0.2, 0.25) is 5.70 Å². The van der Waals surface area contributed by atoms with Crippen LogP contribution in [-0.2, 0) is 4.79 Å². The molecule has 0 spiro atoms. The van der Waals surface area contributed by atoms with E-state index in [0.717, 1.165) is 0 Å². The highest BCUT2D eigenvalue weighted by molar-refractivity contribution is 6.05. The summed E-state index contributed by atoms with van der Waals surface area (Å²) in [5.74, 6) is -1.02. The number of aliphatic hydroxyl groups excluding tert-OH is 1. The first-order chi connectivity index (χ1) is 7.57. The van der Waals surface area contributed by atoms with Crippen molar-refractivity contribution in [3.05, 3.63) is 46.7 Å². The lowest BCUT2D eigenvalue weighted by atomic mass is 10.2. The van der Waals surface area contributed by atoms with Crippen molar-refractivity contribution in [3.8, 4) is 0 Å². The minimum Gasteiger partial charge on any atom is -0.510 e. The zero-order valence-electron chi connectivity index (χ0n) is 9.04. The maximum Gasteiger partial charge on any atom is 0.283 e. The van der Waals surface area contributed by atoms with E-state index in [4.69, 9.17) is 5.11 Å². The van der Waals surface area contributed by atoms with E-state index in [1.165, 1.54) is 18.9 Å². The van der Waals surface area contributed by atoms with E-state index in [0.29, 0.717) is 5.69 Å². The van der Waals surface area contributed by atoms with Crippen LogP contribution in [0.1, 0.15) is 6.92 Å². The quantitative estimate of drug-likeness (QED) is 0.482. The molecule has 1 N–H and O–H groups in total. The topological polar surface area (TPSA) is 70.0 Å². The van der Waals surface area contributed by atoms with Gasteiger partial charge in [0.15, 0.2) is 0 Å². The molecule has 5 nitrogen and oxygen atoms in total. The summed E-state index contributed by atoms with van der Waals surface area (Å²) in [5, 5.41) is 11.6. The van der Waals surface area contributed by atoms with E-state index in [-0.39, 0.29) is 5.76 Å². The molecule has 0 saturated heterocycles. The molecule has 0 unspecified atom stereocenters. The van der Waals surface area contributed by atoms with Crippen LogP contribution in [0.4, 0.5) is 5.69 Å². The standard InChI is InChI=1S/C11H12N2O3/c1-8(14)10(12-16)11(15)13(2)9-6-4-3-5-7-9/h3-7,14H,1-2H3/b10-8+. The van der Waals surface area contributed by atoms with Gasteiger partial charge in [0, 0.05) is 12.7 Å². The number of hydrogen-bond acceptors (Lipinski definition) is 4. The van der Waals surface area contributed by atoms with Crippen molar-refractivity contribution in [1.82, 2.24) is 0 Å². The molecule has 0 aliphatic heterocycles. The molecular formula is C11H12N2O3. The summed E-state index contributed by atoms with van der Waals surface area (Å²) in [6.45, 7) is 1.24. The van der Waals surface area contributed by atoms with E-state index in [2.05, 4.69) is 5.18 Å². The summed E-state index contributed by atoms with van der Waals surface area (Å²) >= 11 is 0. The summed E-state index contributed by atoms with van der Waals surface area (Å²) in [7, 11) is 1.51. The van der Waals surface area contributed by atoms with Crippen molar-refractivity contribution in [3.63, 3.8) is 0 Å². The molecule has 0 aromatic heterocycles. The van der Waals surface area contributed by atoms with Gasteiger partial charge in [-0.1, -0.05) is 18.2 Å². The second-order valence-electron chi connectivity index (χ2n) is 3.23. The Balaban J connectivity index is 3.00. The minimum absolute atomic E-state index is 0.386. The molecule has 0 aliphatic rings. The Bertz CT molecular complexity index is 422. The smallest absolute Gasteiger partial charge is 0.283 e. The maximum absolute atomic E-state index is 11.7. The zero-order valence-corrected chi connectivity index (χ0v) is 9.04. The largest absolute Gasteiger partial charge is 0.510 e. The van der Waals surface area contributed by atoms with Crippen LogP contribution in [0.3, 0.4) is 0 Å². The molecule has 1 aromatic carbocycles.